The number of fused-ring (bicyclic) bond motifs is 5. The number of benzene rings is 6. The van der Waals surface area contributed by atoms with Crippen molar-refractivity contribution in [2.45, 2.75) is 52.4 Å². The number of aromatic amines is 1. The Morgan fingerprint density at radius 1 is 0.429 bits per heavy atom. The van der Waals surface area contributed by atoms with Crippen molar-refractivity contribution in [3.63, 3.8) is 0 Å². The summed E-state index contributed by atoms with van der Waals surface area (Å²) in [5.41, 5.74) is 7.20. The first-order valence-electron chi connectivity index (χ1n) is 15.1. The van der Waals surface area contributed by atoms with E-state index in [-0.39, 0.29) is 10.8 Å². The van der Waals surface area contributed by atoms with E-state index in [2.05, 4.69) is 168 Å². The zero-order valence-electron chi connectivity index (χ0n) is 25.5. The largest absolute Gasteiger partial charge is 0.355 e. The lowest BCUT2D eigenvalue weighted by Crippen LogP contribution is -2.42. The van der Waals surface area contributed by atoms with Crippen LogP contribution in [0.15, 0.2) is 121 Å². The highest BCUT2D eigenvalue weighted by Crippen LogP contribution is 2.55. The molecule has 1 aromatic heterocycles. The number of rotatable bonds is 3. The fourth-order valence-electron chi connectivity index (χ4n) is 7.40. The van der Waals surface area contributed by atoms with Crippen LogP contribution in [-0.2, 0) is 10.8 Å². The molecule has 7 rings (SSSR count). The molecular weight excluding hydrogens is 506 g/mol. The zero-order valence-corrected chi connectivity index (χ0v) is 25.5. The van der Waals surface area contributed by atoms with Gasteiger partial charge >= 0.3 is 0 Å². The summed E-state index contributed by atoms with van der Waals surface area (Å²) >= 11 is 0. The smallest absolute Gasteiger partial charge is 0.0512 e. The third-order valence-electron chi connectivity index (χ3n) is 9.41. The van der Waals surface area contributed by atoms with Crippen LogP contribution in [0, 0.1) is 5.41 Å². The van der Waals surface area contributed by atoms with Gasteiger partial charge in [0.25, 0.3) is 0 Å². The molecule has 0 aliphatic rings. The summed E-state index contributed by atoms with van der Waals surface area (Å²) < 4.78 is 0. The van der Waals surface area contributed by atoms with Gasteiger partial charge in [0, 0.05) is 21.8 Å². The van der Waals surface area contributed by atoms with Crippen molar-refractivity contribution in [3.8, 4) is 0 Å². The molecule has 0 saturated carbocycles. The molecule has 1 N–H and O–H groups in total. The normalized spacial score (nSPS) is 13.0. The van der Waals surface area contributed by atoms with Crippen molar-refractivity contribution in [2.75, 3.05) is 0 Å². The average Bonchev–Trinajstić information content (AvgIpc) is 3.34. The molecule has 42 heavy (non-hydrogen) atoms. The molecule has 0 spiro atoms. The predicted octanol–water partition coefficient (Wildman–Crippen LogP) is 11.3. The third kappa shape index (κ3) is 3.91. The lowest BCUT2D eigenvalue weighted by atomic mass is 9.54. The van der Waals surface area contributed by atoms with Gasteiger partial charge < -0.3 is 4.98 Å². The Labute approximate surface area is 249 Å². The molecule has 0 amide bonds. The molecule has 0 bridgehead atoms. The van der Waals surface area contributed by atoms with Crippen LogP contribution in [0.3, 0.4) is 0 Å². The fourth-order valence-corrected chi connectivity index (χ4v) is 7.40. The molecule has 208 valence electrons. The lowest BCUT2D eigenvalue weighted by molar-refractivity contribution is 0.276. The molecule has 0 radical (unpaired) electrons. The maximum atomic E-state index is 3.71. The zero-order chi connectivity index (χ0) is 29.3. The summed E-state index contributed by atoms with van der Waals surface area (Å²) in [4.78, 5) is 3.71. The highest BCUT2D eigenvalue weighted by atomic mass is 14.7. The fraction of sp³-hybridized carbons (Fsp3) is 0.220. The Balaban J connectivity index is 1.66. The highest BCUT2D eigenvalue weighted by Gasteiger charge is 2.48. The van der Waals surface area contributed by atoms with Gasteiger partial charge in [-0.25, -0.2) is 0 Å². The number of aromatic nitrogens is 1. The highest BCUT2D eigenvalue weighted by molar-refractivity contribution is 6.08. The van der Waals surface area contributed by atoms with E-state index in [0.717, 1.165) is 0 Å². The molecule has 7 aromatic rings. The Bertz CT molecular complexity index is 2020. The first kappa shape index (κ1) is 26.5. The van der Waals surface area contributed by atoms with Crippen LogP contribution in [0.4, 0.5) is 0 Å². The molecular formula is C41H39N. The number of hydrogen-bond donors (Lipinski definition) is 1. The second-order valence-electron chi connectivity index (χ2n) is 13.9. The number of H-pyrrole nitrogens is 1. The van der Waals surface area contributed by atoms with Crippen LogP contribution < -0.4 is 0 Å². The molecule has 0 aliphatic heterocycles. The maximum absolute atomic E-state index is 3.71. The van der Waals surface area contributed by atoms with Crippen molar-refractivity contribution < 1.29 is 0 Å². The van der Waals surface area contributed by atoms with Crippen molar-refractivity contribution >= 4 is 43.4 Å². The Morgan fingerprint density at radius 3 is 1.38 bits per heavy atom. The van der Waals surface area contributed by atoms with E-state index in [1.165, 1.54) is 65.6 Å². The van der Waals surface area contributed by atoms with Crippen LogP contribution >= 0.6 is 0 Å². The molecule has 0 atom stereocenters. The molecule has 0 saturated heterocycles. The van der Waals surface area contributed by atoms with E-state index in [1.54, 1.807) is 0 Å². The first-order chi connectivity index (χ1) is 20.1. The van der Waals surface area contributed by atoms with Gasteiger partial charge in [0.2, 0.25) is 0 Å². The molecule has 0 unspecified atom stereocenters. The SMILES string of the molecule is CC(C)(C)c1ccc2[nH]c3ccc(C(c4cccc5ccccc45)(c4cccc5ccccc45)C(C)(C)C)cc3c2c1. The van der Waals surface area contributed by atoms with Gasteiger partial charge in [0.1, 0.15) is 0 Å². The monoisotopic (exact) mass is 545 g/mol. The lowest BCUT2D eigenvalue weighted by Gasteiger charge is -2.48. The van der Waals surface area contributed by atoms with Crippen LogP contribution in [0.5, 0.6) is 0 Å². The minimum Gasteiger partial charge on any atom is -0.355 e. The quantitative estimate of drug-likeness (QED) is 0.213. The van der Waals surface area contributed by atoms with Crippen LogP contribution in [0.25, 0.3) is 43.4 Å². The van der Waals surface area contributed by atoms with E-state index < -0.39 is 5.41 Å². The van der Waals surface area contributed by atoms with Crippen molar-refractivity contribution in [1.82, 2.24) is 4.98 Å². The maximum Gasteiger partial charge on any atom is 0.0512 e. The summed E-state index contributed by atoms with van der Waals surface area (Å²) in [6.07, 6.45) is 0. The molecule has 6 aromatic carbocycles. The van der Waals surface area contributed by atoms with Crippen molar-refractivity contribution in [2.24, 2.45) is 5.41 Å². The van der Waals surface area contributed by atoms with Gasteiger partial charge in [0.05, 0.1) is 5.41 Å². The Kier molecular flexibility index (Phi) is 5.89. The summed E-state index contributed by atoms with van der Waals surface area (Å²) in [5.74, 6) is 0. The molecule has 1 heterocycles. The molecule has 0 aliphatic carbocycles. The van der Waals surface area contributed by atoms with Crippen molar-refractivity contribution in [1.29, 1.82) is 0 Å². The predicted molar refractivity (Wildman–Crippen MR) is 182 cm³/mol. The molecule has 0 fully saturated rings. The van der Waals surface area contributed by atoms with E-state index >= 15 is 0 Å². The summed E-state index contributed by atoms with van der Waals surface area (Å²) in [5, 5.41) is 7.72. The van der Waals surface area contributed by atoms with Gasteiger partial charge in [-0.3, -0.25) is 0 Å². The van der Waals surface area contributed by atoms with Gasteiger partial charge in [-0.15, -0.1) is 0 Å². The van der Waals surface area contributed by atoms with Gasteiger partial charge in [-0.2, -0.15) is 0 Å². The second kappa shape index (κ2) is 9.33. The Hall–Kier alpha value is -4.36. The van der Waals surface area contributed by atoms with E-state index in [4.69, 9.17) is 0 Å². The minimum atomic E-state index is -0.436. The van der Waals surface area contributed by atoms with Gasteiger partial charge in [0.15, 0.2) is 0 Å². The minimum absolute atomic E-state index is 0.0798. The molecule has 1 heteroatoms. The Morgan fingerprint density at radius 2 is 0.881 bits per heavy atom. The number of nitrogens with one attached hydrogen (secondary N) is 1. The summed E-state index contributed by atoms with van der Waals surface area (Å²) in [6.45, 7) is 14.1. The van der Waals surface area contributed by atoms with Crippen LogP contribution in [0.1, 0.15) is 63.8 Å². The summed E-state index contributed by atoms with van der Waals surface area (Å²) in [7, 11) is 0. The van der Waals surface area contributed by atoms with Gasteiger partial charge in [-0.1, -0.05) is 139 Å². The number of hydrogen-bond acceptors (Lipinski definition) is 0. The van der Waals surface area contributed by atoms with E-state index in [1.807, 2.05) is 0 Å². The van der Waals surface area contributed by atoms with E-state index in [0.29, 0.717) is 0 Å². The third-order valence-corrected chi connectivity index (χ3v) is 9.41. The standard InChI is InChI=1S/C41H39N/c1-39(2,3)29-21-23-37-33(25-29)34-26-30(22-24-38(34)42-37)41(40(4,5)6,35-19-11-15-27-13-7-9-17-31(27)35)36-20-12-16-28-14-8-10-18-32(28)36/h7-26,42H,1-6H3. The second-order valence-corrected chi connectivity index (χ2v) is 13.9. The topological polar surface area (TPSA) is 15.8 Å². The van der Waals surface area contributed by atoms with E-state index in [9.17, 15) is 0 Å². The van der Waals surface area contributed by atoms with Gasteiger partial charge in [-0.05, 0) is 78.9 Å². The summed E-state index contributed by atoms with van der Waals surface area (Å²) in [6, 6.07) is 45.5. The first-order valence-corrected chi connectivity index (χ1v) is 15.1. The van der Waals surface area contributed by atoms with Crippen molar-refractivity contribution in [3.05, 3.63) is 144 Å². The molecule has 1 nitrogen and oxygen atoms in total. The average molecular weight is 546 g/mol. The van der Waals surface area contributed by atoms with Crippen LogP contribution in [-0.4, -0.2) is 4.98 Å². The van der Waals surface area contributed by atoms with Crippen LogP contribution in [0.2, 0.25) is 0 Å².